The molecule has 0 radical (unpaired) electrons. The number of ether oxygens (including phenoxy) is 2. The molecular weight excluding hydrogens is 408 g/mol. The fourth-order valence-corrected chi connectivity index (χ4v) is 7.60. The van der Waals surface area contributed by atoms with E-state index in [4.69, 9.17) is 9.47 Å². The Morgan fingerprint density at radius 2 is 1.91 bits per heavy atom. The SMILES string of the molecule is C=C1C=C[C@@]2(C)C(=C1)CC[C@@H]1[C@@H]2[C@@H](O)C[C@@]2(C)[C@H]1CC[C@]2(OC(C)=O)C(=O)COC(C)=O. The Bertz CT molecular complexity index is 931. The van der Waals surface area contributed by atoms with E-state index in [-0.39, 0.29) is 23.2 Å². The second-order valence-electron chi connectivity index (χ2n) is 10.5. The van der Waals surface area contributed by atoms with Crippen molar-refractivity contribution in [3.63, 3.8) is 0 Å². The highest BCUT2D eigenvalue weighted by Crippen LogP contribution is 2.68. The van der Waals surface area contributed by atoms with E-state index in [0.29, 0.717) is 12.8 Å². The summed E-state index contributed by atoms with van der Waals surface area (Å²) in [7, 11) is 0. The van der Waals surface area contributed by atoms with Crippen molar-refractivity contribution in [2.75, 3.05) is 6.61 Å². The molecule has 7 atom stereocenters. The Kier molecular flexibility index (Phi) is 5.51. The van der Waals surface area contributed by atoms with E-state index >= 15 is 0 Å². The summed E-state index contributed by atoms with van der Waals surface area (Å²) < 4.78 is 10.8. The molecule has 0 saturated heterocycles. The number of allylic oxidation sites excluding steroid dienone is 5. The Balaban J connectivity index is 1.73. The molecule has 0 aromatic rings. The van der Waals surface area contributed by atoms with Crippen molar-refractivity contribution in [2.24, 2.45) is 28.6 Å². The molecule has 174 valence electrons. The number of esters is 2. The smallest absolute Gasteiger partial charge is 0.303 e. The van der Waals surface area contributed by atoms with Gasteiger partial charge in [-0.15, -0.1) is 0 Å². The standard InChI is InChI=1S/C26H34O6/c1-15-8-10-24(4)18(12-15)6-7-19-20-9-11-26(32-17(3)28,22(30)14-31-16(2)27)25(20,5)13-21(29)23(19)24/h8,10,12,19-21,23,29H,1,6-7,9,11,13-14H2,2-5H3/t19-,20-,21-,23+,24-,25-,26-/m0/s1. The molecule has 4 rings (SSSR count). The summed E-state index contributed by atoms with van der Waals surface area (Å²) >= 11 is 0. The van der Waals surface area contributed by atoms with Crippen LogP contribution in [0.5, 0.6) is 0 Å². The number of hydrogen-bond donors (Lipinski definition) is 1. The van der Waals surface area contributed by atoms with Crippen LogP contribution in [-0.2, 0) is 23.9 Å². The van der Waals surface area contributed by atoms with E-state index in [1.807, 2.05) is 13.0 Å². The van der Waals surface area contributed by atoms with Crippen molar-refractivity contribution >= 4 is 17.7 Å². The van der Waals surface area contributed by atoms with Gasteiger partial charge in [0.05, 0.1) is 6.10 Å². The van der Waals surface area contributed by atoms with Gasteiger partial charge in [-0.25, -0.2) is 0 Å². The molecule has 0 aromatic carbocycles. The zero-order valence-electron chi connectivity index (χ0n) is 19.5. The van der Waals surface area contributed by atoms with Gasteiger partial charge in [0.25, 0.3) is 0 Å². The van der Waals surface area contributed by atoms with E-state index in [0.717, 1.165) is 24.8 Å². The average Bonchev–Trinajstić information content (AvgIpc) is 2.98. The first-order chi connectivity index (χ1) is 14.9. The number of carbonyl (C=O) groups is 3. The summed E-state index contributed by atoms with van der Waals surface area (Å²) in [4.78, 5) is 36.9. The van der Waals surface area contributed by atoms with E-state index in [9.17, 15) is 19.5 Å². The molecule has 0 aromatic heterocycles. The summed E-state index contributed by atoms with van der Waals surface area (Å²) in [5, 5.41) is 11.5. The third kappa shape index (κ3) is 3.21. The van der Waals surface area contributed by atoms with Crippen LogP contribution >= 0.6 is 0 Å². The molecule has 0 aliphatic heterocycles. The third-order valence-electron chi connectivity index (χ3n) is 8.88. The minimum Gasteiger partial charge on any atom is -0.458 e. The number of hydrogen-bond acceptors (Lipinski definition) is 6. The van der Waals surface area contributed by atoms with Crippen LogP contribution in [0.25, 0.3) is 0 Å². The highest BCUT2D eigenvalue weighted by Gasteiger charge is 2.70. The number of Topliss-reactive ketones (excluding diaryl/α,β-unsaturated/α-hetero) is 1. The molecular formula is C26H34O6. The second-order valence-corrected chi connectivity index (χ2v) is 10.5. The Morgan fingerprint density at radius 1 is 1.19 bits per heavy atom. The van der Waals surface area contributed by atoms with Crippen molar-refractivity contribution in [3.05, 3.63) is 36.0 Å². The Morgan fingerprint density at radius 3 is 2.56 bits per heavy atom. The third-order valence-corrected chi connectivity index (χ3v) is 8.88. The number of ketones is 1. The number of carbonyl (C=O) groups excluding carboxylic acids is 3. The van der Waals surface area contributed by atoms with E-state index < -0.39 is 41.4 Å². The van der Waals surface area contributed by atoms with Crippen LogP contribution in [0.2, 0.25) is 0 Å². The first kappa shape index (κ1) is 23.0. The van der Waals surface area contributed by atoms with Gasteiger partial charge in [0.2, 0.25) is 5.78 Å². The van der Waals surface area contributed by atoms with Crippen LogP contribution in [0, 0.1) is 28.6 Å². The topological polar surface area (TPSA) is 89.9 Å². The normalized spacial score (nSPS) is 42.3. The van der Waals surface area contributed by atoms with Crippen molar-refractivity contribution in [3.8, 4) is 0 Å². The summed E-state index contributed by atoms with van der Waals surface area (Å²) in [5.74, 6) is -1.13. The van der Waals surface area contributed by atoms with Crippen LogP contribution in [-0.4, -0.2) is 41.1 Å². The maximum atomic E-state index is 13.4. The molecule has 6 nitrogen and oxygen atoms in total. The van der Waals surface area contributed by atoms with Crippen molar-refractivity contribution in [1.82, 2.24) is 0 Å². The van der Waals surface area contributed by atoms with Gasteiger partial charge in [0.15, 0.2) is 12.2 Å². The Labute approximate surface area is 189 Å². The van der Waals surface area contributed by atoms with Crippen LogP contribution in [0.4, 0.5) is 0 Å². The molecule has 6 heteroatoms. The zero-order valence-corrected chi connectivity index (χ0v) is 19.5. The first-order valence-corrected chi connectivity index (χ1v) is 11.6. The fraction of sp³-hybridized carbons (Fsp3) is 0.654. The first-order valence-electron chi connectivity index (χ1n) is 11.6. The lowest BCUT2D eigenvalue weighted by atomic mass is 9.46. The molecule has 4 aliphatic carbocycles. The van der Waals surface area contributed by atoms with Crippen LogP contribution in [0.3, 0.4) is 0 Å². The number of fused-ring (bicyclic) bond motifs is 5. The molecule has 0 unspecified atom stereocenters. The molecule has 3 saturated carbocycles. The second kappa shape index (κ2) is 7.68. The predicted octanol–water partition coefficient (Wildman–Crippen LogP) is 3.69. The summed E-state index contributed by atoms with van der Waals surface area (Å²) in [6.45, 7) is 10.4. The van der Waals surface area contributed by atoms with Gasteiger partial charge in [-0.1, -0.05) is 44.2 Å². The highest BCUT2D eigenvalue weighted by molar-refractivity contribution is 5.93. The van der Waals surface area contributed by atoms with E-state index in [2.05, 4.69) is 25.7 Å². The lowest BCUT2D eigenvalue weighted by molar-refractivity contribution is -0.199. The molecule has 32 heavy (non-hydrogen) atoms. The maximum absolute atomic E-state index is 13.4. The van der Waals surface area contributed by atoms with Gasteiger partial charge < -0.3 is 14.6 Å². The van der Waals surface area contributed by atoms with Gasteiger partial charge in [-0.3, -0.25) is 14.4 Å². The van der Waals surface area contributed by atoms with Crippen LogP contribution in [0.15, 0.2) is 36.0 Å². The van der Waals surface area contributed by atoms with Gasteiger partial charge in [-0.2, -0.15) is 0 Å². The molecule has 0 heterocycles. The van der Waals surface area contributed by atoms with Gasteiger partial charge in [0, 0.05) is 30.6 Å². The summed E-state index contributed by atoms with van der Waals surface area (Å²) in [6, 6.07) is 0. The van der Waals surface area contributed by atoms with E-state index in [1.54, 1.807) is 0 Å². The molecule has 3 fully saturated rings. The fourth-order valence-electron chi connectivity index (χ4n) is 7.60. The summed E-state index contributed by atoms with van der Waals surface area (Å²) in [6.07, 6.45) is 9.03. The quantitative estimate of drug-likeness (QED) is 0.668. The minimum absolute atomic E-state index is 0.0293. The largest absolute Gasteiger partial charge is 0.458 e. The molecule has 1 N–H and O–H groups in total. The van der Waals surface area contributed by atoms with Crippen molar-refractivity contribution in [2.45, 2.75) is 71.5 Å². The predicted molar refractivity (Wildman–Crippen MR) is 118 cm³/mol. The zero-order chi connectivity index (χ0) is 23.5. The van der Waals surface area contributed by atoms with Crippen molar-refractivity contribution in [1.29, 1.82) is 0 Å². The Hall–Kier alpha value is -2.21. The lowest BCUT2D eigenvalue weighted by Crippen LogP contribution is -2.63. The van der Waals surface area contributed by atoms with Crippen LogP contribution in [0.1, 0.15) is 59.8 Å². The van der Waals surface area contributed by atoms with Gasteiger partial charge >= 0.3 is 11.9 Å². The van der Waals surface area contributed by atoms with Gasteiger partial charge in [0.1, 0.15) is 0 Å². The van der Waals surface area contributed by atoms with E-state index in [1.165, 1.54) is 19.4 Å². The number of rotatable bonds is 4. The monoisotopic (exact) mass is 442 g/mol. The van der Waals surface area contributed by atoms with Crippen molar-refractivity contribution < 1.29 is 29.0 Å². The molecule has 0 amide bonds. The van der Waals surface area contributed by atoms with Gasteiger partial charge in [-0.05, 0) is 49.5 Å². The minimum atomic E-state index is -1.39. The maximum Gasteiger partial charge on any atom is 0.303 e. The molecule has 0 bridgehead atoms. The average molecular weight is 443 g/mol. The number of aliphatic hydroxyl groups is 1. The number of aliphatic hydroxyl groups excluding tert-OH is 1. The molecule has 0 spiro atoms. The molecule has 4 aliphatic rings. The lowest BCUT2D eigenvalue weighted by Gasteiger charge is -2.60. The highest BCUT2D eigenvalue weighted by atomic mass is 16.6. The van der Waals surface area contributed by atoms with Crippen LogP contribution < -0.4 is 0 Å². The summed E-state index contributed by atoms with van der Waals surface area (Å²) in [5.41, 5.74) is -0.0746.